The summed E-state index contributed by atoms with van der Waals surface area (Å²) >= 11 is 0. The number of hydrogen-bond acceptors (Lipinski definition) is 7. The molecule has 1 aliphatic carbocycles. The van der Waals surface area contributed by atoms with Crippen molar-refractivity contribution in [2.75, 3.05) is 36.4 Å². The van der Waals surface area contributed by atoms with Gasteiger partial charge in [-0.3, -0.25) is 14.6 Å². The van der Waals surface area contributed by atoms with Crippen LogP contribution in [0.4, 0.5) is 22.2 Å². The minimum Gasteiger partial charge on any atom is -0.497 e. The molecular weight excluding hydrogens is 436 g/mol. The molecule has 2 heterocycles. The number of rotatable bonds is 6. The lowest BCUT2D eigenvalue weighted by molar-refractivity contribution is -0.119. The summed E-state index contributed by atoms with van der Waals surface area (Å²) in [5.41, 5.74) is 1.49. The van der Waals surface area contributed by atoms with Crippen molar-refractivity contribution in [1.82, 2.24) is 15.3 Å². The van der Waals surface area contributed by atoms with Crippen molar-refractivity contribution >= 4 is 29.4 Å². The Hall–Kier alpha value is -3.56. The third-order valence-electron chi connectivity index (χ3n) is 6.53. The molecule has 3 atom stereocenters. The normalized spacial score (nSPS) is 22.1. The van der Waals surface area contributed by atoms with Gasteiger partial charge in [0.2, 0.25) is 11.9 Å². The summed E-state index contributed by atoms with van der Waals surface area (Å²) in [5.74, 6) is 2.16. The monoisotopic (exact) mass is 468 g/mol. The summed E-state index contributed by atoms with van der Waals surface area (Å²) in [6.07, 6.45) is 5.75. The number of nitrogens with one attached hydrogen (secondary N) is 2. The molecule has 10 nitrogen and oxygen atoms in total. The summed E-state index contributed by atoms with van der Waals surface area (Å²) in [6.45, 7) is 3.48. The average molecular weight is 469 g/mol. The van der Waals surface area contributed by atoms with Crippen LogP contribution in [0.5, 0.6) is 11.5 Å². The van der Waals surface area contributed by atoms with Crippen LogP contribution in [0.1, 0.15) is 51.1 Å². The summed E-state index contributed by atoms with van der Waals surface area (Å²) in [5, 5.41) is 6.42. The highest BCUT2D eigenvalue weighted by Crippen LogP contribution is 2.40. The number of amides is 3. The molecule has 34 heavy (non-hydrogen) atoms. The van der Waals surface area contributed by atoms with Gasteiger partial charge in [-0.1, -0.05) is 12.8 Å². The standard InChI is InChI=1S/C24H32N6O4/c1-14-19-13-25-23(27-21-9-7-6-8-20(21)26-15(2)31)28-22(19)29(3)24(32)30(14)16-10-17(33-4)12-18(11-16)34-5/h10-14,20-21H,6-9H2,1-5H3,(H,26,31)(H,25,27,28). The fourth-order valence-corrected chi connectivity index (χ4v) is 4.74. The zero-order chi connectivity index (χ0) is 24.4. The molecule has 1 aromatic heterocycles. The van der Waals surface area contributed by atoms with Crippen LogP contribution in [0, 0.1) is 0 Å². The topological polar surface area (TPSA) is 109 Å². The Labute approximate surface area is 199 Å². The third kappa shape index (κ3) is 4.57. The highest BCUT2D eigenvalue weighted by molar-refractivity contribution is 6.06. The van der Waals surface area contributed by atoms with Gasteiger partial charge in [0.15, 0.2) is 0 Å². The maximum atomic E-state index is 13.4. The predicted molar refractivity (Wildman–Crippen MR) is 130 cm³/mol. The molecule has 0 bridgehead atoms. The molecule has 1 aromatic carbocycles. The molecule has 3 unspecified atom stereocenters. The first-order valence-corrected chi connectivity index (χ1v) is 11.5. The van der Waals surface area contributed by atoms with Crippen molar-refractivity contribution in [3.05, 3.63) is 30.0 Å². The number of ether oxygens (including phenoxy) is 2. The Kier molecular flexibility index (Phi) is 6.76. The van der Waals surface area contributed by atoms with Gasteiger partial charge in [0.25, 0.3) is 0 Å². The van der Waals surface area contributed by atoms with E-state index >= 15 is 0 Å². The molecule has 0 saturated heterocycles. The van der Waals surface area contributed by atoms with E-state index in [9.17, 15) is 9.59 Å². The second kappa shape index (κ2) is 9.74. The molecule has 2 aliphatic rings. The maximum absolute atomic E-state index is 13.4. The van der Waals surface area contributed by atoms with Crippen molar-refractivity contribution in [3.63, 3.8) is 0 Å². The molecule has 182 valence electrons. The number of carbonyl (C=O) groups excluding carboxylic acids is 2. The molecule has 1 aliphatic heterocycles. The highest BCUT2D eigenvalue weighted by atomic mass is 16.5. The predicted octanol–water partition coefficient (Wildman–Crippen LogP) is 3.49. The van der Waals surface area contributed by atoms with Gasteiger partial charge < -0.3 is 20.1 Å². The number of anilines is 3. The van der Waals surface area contributed by atoms with Crippen molar-refractivity contribution in [2.45, 2.75) is 57.7 Å². The quantitative estimate of drug-likeness (QED) is 0.668. The van der Waals surface area contributed by atoms with Crippen molar-refractivity contribution in [3.8, 4) is 11.5 Å². The zero-order valence-electron chi connectivity index (χ0n) is 20.3. The minimum absolute atomic E-state index is 0.0303. The maximum Gasteiger partial charge on any atom is 0.330 e. The molecule has 10 heteroatoms. The van der Waals surface area contributed by atoms with Crippen LogP contribution in [-0.4, -0.2) is 55.3 Å². The van der Waals surface area contributed by atoms with E-state index in [1.54, 1.807) is 50.6 Å². The Morgan fingerprint density at radius 2 is 1.74 bits per heavy atom. The third-order valence-corrected chi connectivity index (χ3v) is 6.53. The molecule has 4 rings (SSSR count). The number of urea groups is 1. The first-order chi connectivity index (χ1) is 16.3. The average Bonchev–Trinajstić information content (AvgIpc) is 2.83. The van der Waals surface area contributed by atoms with Crippen LogP contribution in [0.25, 0.3) is 0 Å². The van der Waals surface area contributed by atoms with Crippen molar-refractivity contribution < 1.29 is 19.1 Å². The Balaban J connectivity index is 1.62. The smallest absolute Gasteiger partial charge is 0.330 e. The van der Waals surface area contributed by atoms with Gasteiger partial charge in [-0.05, 0) is 19.8 Å². The molecule has 3 amide bonds. The first kappa shape index (κ1) is 23.6. The van der Waals surface area contributed by atoms with Gasteiger partial charge in [0, 0.05) is 56.0 Å². The van der Waals surface area contributed by atoms with Crippen LogP contribution in [0.15, 0.2) is 24.4 Å². The van der Waals surface area contributed by atoms with Gasteiger partial charge in [-0.15, -0.1) is 0 Å². The molecule has 1 fully saturated rings. The SMILES string of the molecule is COc1cc(OC)cc(N2C(=O)N(C)c3nc(NC4CCCCC4NC(C)=O)ncc3C2C)c1. The largest absolute Gasteiger partial charge is 0.497 e. The van der Waals surface area contributed by atoms with E-state index in [-0.39, 0.29) is 30.1 Å². The van der Waals surface area contributed by atoms with E-state index < -0.39 is 0 Å². The number of hydrogen-bond donors (Lipinski definition) is 2. The van der Waals surface area contributed by atoms with Gasteiger partial charge in [0.1, 0.15) is 17.3 Å². The van der Waals surface area contributed by atoms with E-state index in [1.165, 1.54) is 11.8 Å². The number of benzene rings is 1. The number of methoxy groups -OCH3 is 2. The van der Waals surface area contributed by atoms with Gasteiger partial charge in [0.05, 0.1) is 25.9 Å². The van der Waals surface area contributed by atoms with Gasteiger partial charge in [-0.2, -0.15) is 4.98 Å². The fourth-order valence-electron chi connectivity index (χ4n) is 4.74. The number of aromatic nitrogens is 2. The lowest BCUT2D eigenvalue weighted by Gasteiger charge is -2.39. The zero-order valence-corrected chi connectivity index (χ0v) is 20.3. The lowest BCUT2D eigenvalue weighted by Crippen LogP contribution is -2.49. The summed E-state index contributed by atoms with van der Waals surface area (Å²) in [6, 6.07) is 4.93. The fraction of sp³-hybridized carbons (Fsp3) is 0.500. The molecular formula is C24H32N6O4. The Morgan fingerprint density at radius 1 is 1.09 bits per heavy atom. The van der Waals surface area contributed by atoms with E-state index in [4.69, 9.17) is 14.5 Å². The van der Waals surface area contributed by atoms with Crippen LogP contribution in [0.3, 0.4) is 0 Å². The van der Waals surface area contributed by atoms with Crippen LogP contribution < -0.4 is 29.9 Å². The van der Waals surface area contributed by atoms with E-state index in [0.29, 0.717) is 29.0 Å². The molecule has 2 N–H and O–H groups in total. The van der Waals surface area contributed by atoms with Gasteiger partial charge in [-0.25, -0.2) is 9.78 Å². The molecule has 0 radical (unpaired) electrons. The lowest BCUT2D eigenvalue weighted by atomic mass is 9.90. The molecule has 2 aromatic rings. The minimum atomic E-state index is -0.300. The summed E-state index contributed by atoms with van der Waals surface area (Å²) in [4.78, 5) is 37.5. The van der Waals surface area contributed by atoms with Gasteiger partial charge >= 0.3 is 6.03 Å². The summed E-state index contributed by atoms with van der Waals surface area (Å²) in [7, 11) is 4.86. The van der Waals surface area contributed by atoms with E-state index in [1.807, 2.05) is 6.92 Å². The Morgan fingerprint density at radius 3 is 2.35 bits per heavy atom. The van der Waals surface area contributed by atoms with E-state index in [2.05, 4.69) is 15.6 Å². The van der Waals surface area contributed by atoms with E-state index in [0.717, 1.165) is 31.2 Å². The second-order valence-corrected chi connectivity index (χ2v) is 8.77. The van der Waals surface area contributed by atoms with Crippen LogP contribution in [0.2, 0.25) is 0 Å². The van der Waals surface area contributed by atoms with Crippen molar-refractivity contribution in [1.29, 1.82) is 0 Å². The van der Waals surface area contributed by atoms with Crippen LogP contribution in [-0.2, 0) is 4.79 Å². The molecule has 0 spiro atoms. The Bertz CT molecular complexity index is 1060. The number of nitrogens with zero attached hydrogens (tertiary/aromatic N) is 4. The number of fused-ring (bicyclic) bond motifs is 1. The highest BCUT2D eigenvalue weighted by Gasteiger charge is 2.37. The first-order valence-electron chi connectivity index (χ1n) is 11.5. The number of carbonyl (C=O) groups is 2. The summed E-state index contributed by atoms with van der Waals surface area (Å²) < 4.78 is 10.8. The van der Waals surface area contributed by atoms with Crippen molar-refractivity contribution in [2.24, 2.45) is 0 Å². The molecule has 1 saturated carbocycles. The second-order valence-electron chi connectivity index (χ2n) is 8.77. The van der Waals surface area contributed by atoms with Crippen LogP contribution >= 0.6 is 0 Å².